The number of amides is 2. The molecule has 1 aromatic rings. The van der Waals surface area contributed by atoms with E-state index >= 15 is 0 Å². The number of sulfone groups is 1. The zero-order chi connectivity index (χ0) is 19.4. The van der Waals surface area contributed by atoms with Gasteiger partial charge in [-0.15, -0.1) is 0 Å². The number of rotatable bonds is 12. The maximum atomic E-state index is 12.4. The summed E-state index contributed by atoms with van der Waals surface area (Å²) in [5.74, 6) is -1.00. The average Bonchev–Trinajstić information content (AvgIpc) is 2.61. The molecule has 0 radical (unpaired) electrons. The van der Waals surface area contributed by atoms with E-state index in [1.54, 1.807) is 0 Å². The molecule has 0 saturated carbocycles. The summed E-state index contributed by atoms with van der Waals surface area (Å²) in [6.45, 7) is 1.13. The van der Waals surface area contributed by atoms with E-state index in [0.29, 0.717) is 18.7 Å². The highest BCUT2D eigenvalue weighted by molar-refractivity contribution is 7.90. The molecule has 146 valence electrons. The van der Waals surface area contributed by atoms with E-state index in [0.717, 1.165) is 31.9 Å². The molecule has 2 amide bonds. The number of hydrogen-bond acceptors (Lipinski definition) is 6. The van der Waals surface area contributed by atoms with Crippen LogP contribution in [0.5, 0.6) is 0 Å². The summed E-state index contributed by atoms with van der Waals surface area (Å²) in [6.07, 6.45) is 7.79. The van der Waals surface area contributed by atoms with Crippen molar-refractivity contribution < 1.29 is 18.0 Å². The fraction of sp³-hybridized carbons (Fsp3) is 0.588. The van der Waals surface area contributed by atoms with Crippen LogP contribution in [0.25, 0.3) is 0 Å². The first-order valence-corrected chi connectivity index (χ1v) is 10.8. The van der Waals surface area contributed by atoms with Crippen LogP contribution in [-0.4, -0.2) is 56.4 Å². The van der Waals surface area contributed by atoms with Crippen LogP contribution in [-0.2, 0) is 14.6 Å². The van der Waals surface area contributed by atoms with Crippen molar-refractivity contribution in [1.29, 1.82) is 0 Å². The minimum atomic E-state index is -3.24. The summed E-state index contributed by atoms with van der Waals surface area (Å²) in [5, 5.41) is 5.37. The Labute approximate surface area is 154 Å². The first-order valence-electron chi connectivity index (χ1n) is 8.70. The molecule has 0 fully saturated rings. The predicted octanol–water partition coefficient (Wildman–Crippen LogP) is 0.250. The molecular formula is C17H28N4O4S. The highest BCUT2D eigenvalue weighted by atomic mass is 32.2. The lowest BCUT2D eigenvalue weighted by Gasteiger charge is -2.18. The van der Waals surface area contributed by atoms with Crippen LogP contribution in [0.1, 0.15) is 42.5 Å². The number of aromatic nitrogens is 1. The van der Waals surface area contributed by atoms with Crippen LogP contribution in [0.15, 0.2) is 24.5 Å². The molecule has 1 heterocycles. The van der Waals surface area contributed by atoms with Gasteiger partial charge in [0, 0.05) is 30.8 Å². The van der Waals surface area contributed by atoms with Gasteiger partial charge < -0.3 is 16.4 Å². The number of nitrogens with zero attached hydrogens (tertiary/aromatic N) is 1. The number of unbranched alkanes of at least 4 members (excludes halogenated alkanes) is 3. The van der Waals surface area contributed by atoms with Gasteiger partial charge in [0.1, 0.15) is 15.9 Å². The standard InChI is InChI=1S/C17H28N4O4S/c1-26(24,25)13-8-15(17(23)20-10-5-3-2-4-9-18)21-16(22)14-6-11-19-12-7-14/h6-7,11-12,15H,2-5,8-10,13,18H2,1H3,(H,20,23)(H,21,22)/t15-/m0/s1. The van der Waals surface area contributed by atoms with Gasteiger partial charge in [0.05, 0.1) is 5.75 Å². The Morgan fingerprint density at radius 1 is 1.15 bits per heavy atom. The Bertz CT molecular complexity index is 665. The molecule has 8 nitrogen and oxygen atoms in total. The van der Waals surface area contributed by atoms with Crippen LogP contribution >= 0.6 is 0 Å². The van der Waals surface area contributed by atoms with E-state index in [1.165, 1.54) is 24.5 Å². The summed E-state index contributed by atoms with van der Waals surface area (Å²) in [4.78, 5) is 28.5. The van der Waals surface area contributed by atoms with E-state index in [4.69, 9.17) is 5.73 Å². The largest absolute Gasteiger partial charge is 0.354 e. The van der Waals surface area contributed by atoms with Gasteiger partial charge in [-0.3, -0.25) is 14.6 Å². The normalized spacial score (nSPS) is 12.4. The van der Waals surface area contributed by atoms with Gasteiger partial charge >= 0.3 is 0 Å². The number of pyridine rings is 1. The van der Waals surface area contributed by atoms with E-state index in [-0.39, 0.29) is 18.1 Å². The molecule has 0 aromatic carbocycles. The molecule has 0 aliphatic carbocycles. The fourth-order valence-corrected chi connectivity index (χ4v) is 2.97. The Morgan fingerprint density at radius 3 is 2.42 bits per heavy atom. The molecule has 9 heteroatoms. The molecule has 1 aromatic heterocycles. The van der Waals surface area contributed by atoms with E-state index < -0.39 is 21.8 Å². The van der Waals surface area contributed by atoms with Crippen LogP contribution in [0, 0.1) is 0 Å². The first-order chi connectivity index (χ1) is 12.3. The highest BCUT2D eigenvalue weighted by Gasteiger charge is 2.22. The number of carbonyl (C=O) groups excluding carboxylic acids is 2. The molecule has 1 rings (SSSR count). The second-order valence-electron chi connectivity index (χ2n) is 6.17. The number of nitrogens with one attached hydrogen (secondary N) is 2. The summed E-state index contributed by atoms with van der Waals surface area (Å²) in [5.41, 5.74) is 5.79. The molecule has 0 bridgehead atoms. The summed E-state index contributed by atoms with van der Waals surface area (Å²) < 4.78 is 22.8. The van der Waals surface area contributed by atoms with Crippen molar-refractivity contribution in [3.05, 3.63) is 30.1 Å². The molecule has 26 heavy (non-hydrogen) atoms. The van der Waals surface area contributed by atoms with Crippen molar-refractivity contribution in [3.63, 3.8) is 0 Å². The fourth-order valence-electron chi connectivity index (χ4n) is 2.30. The summed E-state index contributed by atoms with van der Waals surface area (Å²) in [7, 11) is -3.24. The molecule has 0 saturated heterocycles. The zero-order valence-corrected chi connectivity index (χ0v) is 15.9. The van der Waals surface area contributed by atoms with Crippen molar-refractivity contribution in [2.45, 2.75) is 38.1 Å². The highest BCUT2D eigenvalue weighted by Crippen LogP contribution is 2.03. The van der Waals surface area contributed by atoms with Crippen molar-refractivity contribution in [3.8, 4) is 0 Å². The molecule has 4 N–H and O–H groups in total. The average molecular weight is 385 g/mol. The lowest BCUT2D eigenvalue weighted by atomic mass is 10.1. The third kappa shape index (κ3) is 9.47. The van der Waals surface area contributed by atoms with Crippen molar-refractivity contribution >= 4 is 21.7 Å². The Balaban J connectivity index is 2.59. The van der Waals surface area contributed by atoms with E-state index in [9.17, 15) is 18.0 Å². The van der Waals surface area contributed by atoms with Crippen LogP contribution in [0.3, 0.4) is 0 Å². The molecule has 0 spiro atoms. The summed E-state index contributed by atoms with van der Waals surface area (Å²) in [6, 6.07) is 2.14. The lowest BCUT2D eigenvalue weighted by molar-refractivity contribution is -0.123. The molecule has 1 atom stereocenters. The predicted molar refractivity (Wildman–Crippen MR) is 100 cm³/mol. The zero-order valence-electron chi connectivity index (χ0n) is 15.1. The van der Waals surface area contributed by atoms with Crippen molar-refractivity contribution in [1.82, 2.24) is 15.6 Å². The smallest absolute Gasteiger partial charge is 0.252 e. The van der Waals surface area contributed by atoms with Crippen molar-refractivity contribution in [2.75, 3.05) is 25.1 Å². The molecule has 0 aliphatic rings. The molecular weight excluding hydrogens is 356 g/mol. The second kappa shape index (κ2) is 11.6. The lowest BCUT2D eigenvalue weighted by Crippen LogP contribution is -2.47. The molecule has 0 aliphatic heterocycles. The van der Waals surface area contributed by atoms with E-state index in [2.05, 4.69) is 15.6 Å². The van der Waals surface area contributed by atoms with Crippen LogP contribution < -0.4 is 16.4 Å². The van der Waals surface area contributed by atoms with Gasteiger partial charge in [-0.2, -0.15) is 0 Å². The number of nitrogens with two attached hydrogens (primary N) is 1. The van der Waals surface area contributed by atoms with Crippen LogP contribution in [0.2, 0.25) is 0 Å². The van der Waals surface area contributed by atoms with Gasteiger partial charge in [-0.05, 0) is 37.9 Å². The topological polar surface area (TPSA) is 131 Å². The quantitative estimate of drug-likeness (QED) is 0.443. The third-order valence-corrected chi connectivity index (χ3v) is 4.75. The van der Waals surface area contributed by atoms with Crippen molar-refractivity contribution in [2.24, 2.45) is 5.73 Å². The Hall–Kier alpha value is -2.00. The second-order valence-corrected chi connectivity index (χ2v) is 8.43. The Morgan fingerprint density at radius 2 is 1.81 bits per heavy atom. The van der Waals surface area contributed by atoms with Gasteiger partial charge in [-0.25, -0.2) is 8.42 Å². The van der Waals surface area contributed by atoms with Crippen LogP contribution in [0.4, 0.5) is 0 Å². The Kier molecular flexibility index (Phi) is 9.82. The monoisotopic (exact) mass is 384 g/mol. The van der Waals surface area contributed by atoms with Gasteiger partial charge in [0.15, 0.2) is 0 Å². The maximum Gasteiger partial charge on any atom is 0.252 e. The van der Waals surface area contributed by atoms with Gasteiger partial charge in [0.2, 0.25) is 5.91 Å². The minimum absolute atomic E-state index is 0.0225. The minimum Gasteiger partial charge on any atom is -0.354 e. The molecule has 0 unspecified atom stereocenters. The van der Waals surface area contributed by atoms with Gasteiger partial charge in [0.25, 0.3) is 5.91 Å². The number of hydrogen-bond donors (Lipinski definition) is 3. The summed E-state index contributed by atoms with van der Waals surface area (Å²) >= 11 is 0. The van der Waals surface area contributed by atoms with Gasteiger partial charge in [-0.1, -0.05) is 12.8 Å². The first kappa shape index (κ1) is 22.0. The number of carbonyl (C=O) groups is 2. The third-order valence-electron chi connectivity index (χ3n) is 3.77. The van der Waals surface area contributed by atoms with E-state index in [1.807, 2.05) is 0 Å². The maximum absolute atomic E-state index is 12.4. The SMILES string of the molecule is CS(=O)(=O)CC[C@H](NC(=O)c1ccncc1)C(=O)NCCCCCCN.